The monoisotopic (exact) mass is 427 g/mol. The summed E-state index contributed by atoms with van der Waals surface area (Å²) in [5.74, 6) is -0.834. The fourth-order valence-corrected chi connectivity index (χ4v) is 3.61. The van der Waals surface area contributed by atoms with Crippen LogP contribution in [0.25, 0.3) is 0 Å². The number of nitro benzene ring substituents is 1. The molecule has 156 valence electrons. The van der Waals surface area contributed by atoms with E-state index >= 15 is 0 Å². The zero-order valence-corrected chi connectivity index (χ0v) is 17.1. The first-order valence-electron chi connectivity index (χ1n) is 9.76. The lowest BCUT2D eigenvalue weighted by atomic mass is 9.97. The number of halogens is 1. The molecular formula is C22H22ClN3O4. The van der Waals surface area contributed by atoms with E-state index in [9.17, 15) is 19.7 Å². The first-order chi connectivity index (χ1) is 14.5. The van der Waals surface area contributed by atoms with E-state index in [-0.39, 0.29) is 22.2 Å². The highest BCUT2D eigenvalue weighted by Gasteiger charge is 2.18. The predicted octanol–water partition coefficient (Wildman–Crippen LogP) is 5.12. The van der Waals surface area contributed by atoms with Crippen LogP contribution in [0, 0.1) is 10.1 Å². The summed E-state index contributed by atoms with van der Waals surface area (Å²) in [5.41, 5.74) is 1.93. The Balaban J connectivity index is 1.67. The third-order valence-electron chi connectivity index (χ3n) is 4.94. The van der Waals surface area contributed by atoms with Crippen molar-refractivity contribution >= 4 is 34.8 Å². The second-order valence-corrected chi connectivity index (χ2v) is 7.44. The maximum absolute atomic E-state index is 12.6. The van der Waals surface area contributed by atoms with Gasteiger partial charge in [0.1, 0.15) is 0 Å². The standard InChI is InChI=1S/C22H22ClN3O4/c23-19-14-16(26(29)30)10-11-17(19)22(28)25-20-9-5-4-8-18(20)21(27)24-13-12-15-6-2-1-3-7-15/h4-6,8-11,14H,1-3,7,12-13H2,(H,24,27)(H,25,28). The number of carbonyl (C=O) groups excluding carboxylic acids is 2. The van der Waals surface area contributed by atoms with Crippen LogP contribution in [0.3, 0.4) is 0 Å². The van der Waals surface area contributed by atoms with Crippen LogP contribution in [0.4, 0.5) is 11.4 Å². The number of rotatable bonds is 7. The lowest BCUT2D eigenvalue weighted by Crippen LogP contribution is -2.26. The van der Waals surface area contributed by atoms with E-state index in [1.165, 1.54) is 30.5 Å². The second kappa shape index (κ2) is 10.0. The quantitative estimate of drug-likeness (QED) is 0.363. The molecule has 8 heteroatoms. The lowest BCUT2D eigenvalue weighted by molar-refractivity contribution is -0.384. The summed E-state index contributed by atoms with van der Waals surface area (Å²) in [6.07, 6.45) is 7.67. The summed E-state index contributed by atoms with van der Waals surface area (Å²) < 4.78 is 0. The SMILES string of the molecule is O=C(Nc1ccccc1C(=O)NCCC1=CCCCC1)c1ccc([N+](=O)[O-])cc1Cl. The van der Waals surface area contributed by atoms with Gasteiger partial charge in [-0.3, -0.25) is 19.7 Å². The van der Waals surface area contributed by atoms with Gasteiger partial charge in [0.15, 0.2) is 0 Å². The molecule has 3 rings (SSSR count). The highest BCUT2D eigenvalue weighted by Crippen LogP contribution is 2.24. The number of nitrogens with zero attached hydrogens (tertiary/aromatic N) is 1. The van der Waals surface area contributed by atoms with Gasteiger partial charge in [0.05, 0.1) is 26.8 Å². The van der Waals surface area contributed by atoms with Crippen molar-refractivity contribution in [1.29, 1.82) is 0 Å². The Kier molecular flexibility index (Phi) is 7.19. The topological polar surface area (TPSA) is 101 Å². The van der Waals surface area contributed by atoms with Gasteiger partial charge in [-0.05, 0) is 50.3 Å². The van der Waals surface area contributed by atoms with E-state index in [4.69, 9.17) is 11.6 Å². The maximum Gasteiger partial charge on any atom is 0.270 e. The van der Waals surface area contributed by atoms with Crippen LogP contribution >= 0.6 is 11.6 Å². The number of hydrogen-bond donors (Lipinski definition) is 2. The van der Waals surface area contributed by atoms with E-state index in [2.05, 4.69) is 16.7 Å². The molecule has 0 radical (unpaired) electrons. The molecule has 0 spiro atoms. The molecule has 2 N–H and O–H groups in total. The Bertz CT molecular complexity index is 1000. The Hall–Kier alpha value is -3.19. The Morgan fingerprint density at radius 2 is 1.87 bits per heavy atom. The number of non-ortho nitro benzene ring substituents is 1. The Morgan fingerprint density at radius 1 is 1.07 bits per heavy atom. The van der Waals surface area contributed by atoms with Crippen LogP contribution in [-0.4, -0.2) is 23.3 Å². The molecule has 1 aliphatic rings. The van der Waals surface area contributed by atoms with Crippen molar-refractivity contribution in [3.8, 4) is 0 Å². The molecule has 0 unspecified atom stereocenters. The molecule has 0 saturated heterocycles. The van der Waals surface area contributed by atoms with Crippen LogP contribution < -0.4 is 10.6 Å². The van der Waals surface area contributed by atoms with Gasteiger partial charge in [-0.15, -0.1) is 0 Å². The molecule has 0 bridgehead atoms. The number of nitrogens with one attached hydrogen (secondary N) is 2. The minimum Gasteiger partial charge on any atom is -0.352 e. The molecule has 0 atom stereocenters. The molecule has 2 aromatic rings. The van der Waals surface area contributed by atoms with Gasteiger partial charge < -0.3 is 10.6 Å². The fourth-order valence-electron chi connectivity index (χ4n) is 3.35. The highest BCUT2D eigenvalue weighted by molar-refractivity contribution is 6.34. The third kappa shape index (κ3) is 5.45. The van der Waals surface area contributed by atoms with Gasteiger partial charge in [-0.25, -0.2) is 0 Å². The van der Waals surface area contributed by atoms with Crippen molar-refractivity contribution in [2.45, 2.75) is 32.1 Å². The molecule has 30 heavy (non-hydrogen) atoms. The van der Waals surface area contributed by atoms with E-state index in [1.54, 1.807) is 24.3 Å². The third-order valence-corrected chi connectivity index (χ3v) is 5.26. The largest absolute Gasteiger partial charge is 0.352 e. The number of nitro groups is 1. The molecule has 0 fully saturated rings. The summed E-state index contributed by atoms with van der Waals surface area (Å²) in [4.78, 5) is 35.5. The average molecular weight is 428 g/mol. The molecule has 2 amide bonds. The predicted molar refractivity (Wildman–Crippen MR) is 116 cm³/mol. The van der Waals surface area contributed by atoms with Gasteiger partial charge in [0.2, 0.25) is 0 Å². The normalized spacial score (nSPS) is 13.3. The molecule has 0 saturated carbocycles. The van der Waals surface area contributed by atoms with E-state index in [0.29, 0.717) is 17.8 Å². The van der Waals surface area contributed by atoms with Gasteiger partial charge >= 0.3 is 0 Å². The zero-order valence-electron chi connectivity index (χ0n) is 16.3. The van der Waals surface area contributed by atoms with Crippen LogP contribution in [-0.2, 0) is 0 Å². The van der Waals surface area contributed by atoms with Crippen molar-refractivity contribution in [2.75, 3.05) is 11.9 Å². The summed E-state index contributed by atoms with van der Waals surface area (Å²) >= 11 is 6.03. The fraction of sp³-hybridized carbons (Fsp3) is 0.273. The zero-order chi connectivity index (χ0) is 21.5. The van der Waals surface area contributed by atoms with E-state index in [1.807, 2.05) is 0 Å². The Labute approximate surface area is 179 Å². The molecule has 0 heterocycles. The maximum atomic E-state index is 12.6. The van der Waals surface area contributed by atoms with Crippen molar-refractivity contribution in [3.05, 3.63) is 80.4 Å². The second-order valence-electron chi connectivity index (χ2n) is 7.04. The van der Waals surface area contributed by atoms with Gasteiger partial charge in [-0.1, -0.05) is 35.4 Å². The summed E-state index contributed by atoms with van der Waals surface area (Å²) in [6, 6.07) is 10.3. The van der Waals surface area contributed by atoms with E-state index < -0.39 is 10.8 Å². The number of allylic oxidation sites excluding steroid dienone is 1. The van der Waals surface area contributed by atoms with Crippen molar-refractivity contribution < 1.29 is 14.5 Å². The van der Waals surface area contributed by atoms with Crippen molar-refractivity contribution in [3.63, 3.8) is 0 Å². The number of hydrogen-bond acceptors (Lipinski definition) is 4. The number of amides is 2. The summed E-state index contributed by atoms with van der Waals surface area (Å²) in [6.45, 7) is 0.529. The van der Waals surface area contributed by atoms with Crippen molar-refractivity contribution in [2.24, 2.45) is 0 Å². The number of benzene rings is 2. The Morgan fingerprint density at radius 3 is 2.57 bits per heavy atom. The number of para-hydroxylation sites is 1. The molecule has 0 aliphatic heterocycles. The average Bonchev–Trinajstić information content (AvgIpc) is 2.74. The minimum absolute atomic E-state index is 0.0376. The summed E-state index contributed by atoms with van der Waals surface area (Å²) in [5, 5.41) is 16.4. The van der Waals surface area contributed by atoms with Crippen LogP contribution in [0.2, 0.25) is 5.02 Å². The first-order valence-corrected chi connectivity index (χ1v) is 10.1. The summed E-state index contributed by atoms with van der Waals surface area (Å²) in [7, 11) is 0. The van der Waals surface area contributed by atoms with E-state index in [0.717, 1.165) is 25.3 Å². The van der Waals surface area contributed by atoms with Gasteiger partial charge in [-0.2, -0.15) is 0 Å². The van der Waals surface area contributed by atoms with Crippen LogP contribution in [0.15, 0.2) is 54.1 Å². The minimum atomic E-state index is -0.587. The first kappa shape index (κ1) is 21.5. The molecular weight excluding hydrogens is 406 g/mol. The lowest BCUT2D eigenvalue weighted by Gasteiger charge is -2.14. The van der Waals surface area contributed by atoms with Crippen LogP contribution in [0.1, 0.15) is 52.8 Å². The van der Waals surface area contributed by atoms with Gasteiger partial charge in [0.25, 0.3) is 17.5 Å². The van der Waals surface area contributed by atoms with Crippen molar-refractivity contribution in [1.82, 2.24) is 5.32 Å². The molecule has 0 aromatic heterocycles. The number of carbonyl (C=O) groups is 2. The van der Waals surface area contributed by atoms with Crippen LogP contribution in [0.5, 0.6) is 0 Å². The molecule has 1 aliphatic carbocycles. The molecule has 2 aromatic carbocycles. The highest BCUT2D eigenvalue weighted by atomic mass is 35.5. The smallest absolute Gasteiger partial charge is 0.270 e. The number of anilines is 1. The molecule has 7 nitrogen and oxygen atoms in total. The van der Waals surface area contributed by atoms with Gasteiger partial charge in [0, 0.05) is 18.7 Å².